The molecule has 3 nitrogen and oxygen atoms in total. The molecule has 0 aromatic heterocycles. The number of carbonyl (C=O) groups is 1. The summed E-state index contributed by atoms with van der Waals surface area (Å²) in [6, 6.07) is 0.474. The van der Waals surface area contributed by atoms with Crippen molar-refractivity contribution >= 4 is 5.97 Å². The zero-order valence-corrected chi connectivity index (χ0v) is 8.75. The molecule has 1 aliphatic carbocycles. The molecule has 1 rings (SSSR count). The summed E-state index contributed by atoms with van der Waals surface area (Å²) in [5.41, 5.74) is 0. The minimum absolute atomic E-state index is 0.104. The Balaban J connectivity index is 2.45. The first-order valence-corrected chi connectivity index (χ1v) is 4.96. The Morgan fingerprint density at radius 3 is 2.46 bits per heavy atom. The second-order valence-corrected chi connectivity index (χ2v) is 3.80. The van der Waals surface area contributed by atoms with Crippen molar-refractivity contribution in [2.75, 3.05) is 14.2 Å². The zero-order chi connectivity index (χ0) is 9.84. The fourth-order valence-electron chi connectivity index (χ4n) is 1.96. The van der Waals surface area contributed by atoms with E-state index in [4.69, 9.17) is 4.74 Å². The standard InChI is InChI=1S/C10H19NO2/c1-8(10(12)13-3)11(2)9-6-4-5-7-9/h8-9H,4-7H2,1-3H3. The third kappa shape index (κ3) is 2.44. The first kappa shape index (κ1) is 10.5. The summed E-state index contributed by atoms with van der Waals surface area (Å²) in [4.78, 5) is 13.4. The Morgan fingerprint density at radius 1 is 1.46 bits per heavy atom. The van der Waals surface area contributed by atoms with E-state index in [-0.39, 0.29) is 12.0 Å². The van der Waals surface area contributed by atoms with E-state index in [1.54, 1.807) is 0 Å². The topological polar surface area (TPSA) is 29.5 Å². The molecule has 1 aliphatic rings. The Kier molecular flexibility index (Phi) is 3.72. The van der Waals surface area contributed by atoms with Gasteiger partial charge in [-0.3, -0.25) is 9.69 Å². The molecular weight excluding hydrogens is 166 g/mol. The second-order valence-electron chi connectivity index (χ2n) is 3.80. The van der Waals surface area contributed by atoms with Crippen LogP contribution < -0.4 is 0 Å². The molecule has 0 aromatic rings. The van der Waals surface area contributed by atoms with Gasteiger partial charge < -0.3 is 4.74 Å². The van der Waals surface area contributed by atoms with Gasteiger partial charge in [-0.25, -0.2) is 0 Å². The lowest BCUT2D eigenvalue weighted by molar-refractivity contribution is -0.146. The van der Waals surface area contributed by atoms with Crippen molar-refractivity contribution in [1.82, 2.24) is 4.90 Å². The lowest BCUT2D eigenvalue weighted by atomic mass is 10.2. The van der Waals surface area contributed by atoms with Crippen molar-refractivity contribution in [3.05, 3.63) is 0 Å². The molecule has 0 heterocycles. The maximum Gasteiger partial charge on any atom is 0.322 e. The highest BCUT2D eigenvalue weighted by molar-refractivity contribution is 5.75. The normalized spacial score (nSPS) is 20.6. The van der Waals surface area contributed by atoms with Crippen LogP contribution in [-0.2, 0) is 9.53 Å². The van der Waals surface area contributed by atoms with Crippen molar-refractivity contribution in [1.29, 1.82) is 0 Å². The first-order chi connectivity index (χ1) is 6.16. The lowest BCUT2D eigenvalue weighted by Gasteiger charge is -2.28. The number of hydrogen-bond donors (Lipinski definition) is 0. The van der Waals surface area contributed by atoms with Gasteiger partial charge in [-0.15, -0.1) is 0 Å². The van der Waals surface area contributed by atoms with Gasteiger partial charge in [-0.1, -0.05) is 12.8 Å². The van der Waals surface area contributed by atoms with Gasteiger partial charge >= 0.3 is 5.97 Å². The van der Waals surface area contributed by atoms with E-state index in [0.717, 1.165) is 0 Å². The molecule has 13 heavy (non-hydrogen) atoms. The third-order valence-corrected chi connectivity index (χ3v) is 3.05. The largest absolute Gasteiger partial charge is 0.468 e. The molecule has 1 atom stereocenters. The van der Waals surface area contributed by atoms with E-state index in [9.17, 15) is 4.79 Å². The van der Waals surface area contributed by atoms with Crippen LogP contribution in [0.5, 0.6) is 0 Å². The van der Waals surface area contributed by atoms with Crippen molar-refractivity contribution in [2.45, 2.75) is 44.7 Å². The molecule has 1 fully saturated rings. The number of carbonyl (C=O) groups excluding carboxylic acids is 1. The fraction of sp³-hybridized carbons (Fsp3) is 0.900. The van der Waals surface area contributed by atoms with E-state index in [0.29, 0.717) is 6.04 Å². The van der Waals surface area contributed by atoms with Gasteiger partial charge in [0.2, 0.25) is 0 Å². The molecular formula is C10H19NO2. The Hall–Kier alpha value is -0.570. The number of ether oxygens (including phenoxy) is 1. The molecule has 76 valence electrons. The van der Waals surface area contributed by atoms with Crippen molar-refractivity contribution in [3.8, 4) is 0 Å². The summed E-state index contributed by atoms with van der Waals surface area (Å²) >= 11 is 0. The van der Waals surface area contributed by atoms with Crippen LogP contribution in [-0.4, -0.2) is 37.1 Å². The quantitative estimate of drug-likeness (QED) is 0.623. The third-order valence-electron chi connectivity index (χ3n) is 3.05. The number of nitrogens with zero attached hydrogens (tertiary/aromatic N) is 1. The van der Waals surface area contributed by atoms with Gasteiger partial charge in [0.1, 0.15) is 6.04 Å². The Labute approximate surface area is 80.1 Å². The van der Waals surface area contributed by atoms with Crippen LogP contribution in [0.2, 0.25) is 0 Å². The number of methoxy groups -OCH3 is 1. The number of esters is 1. The van der Waals surface area contributed by atoms with Gasteiger partial charge in [-0.05, 0) is 26.8 Å². The molecule has 0 spiro atoms. The van der Waals surface area contributed by atoms with Crippen molar-refractivity contribution in [2.24, 2.45) is 0 Å². The van der Waals surface area contributed by atoms with Crippen molar-refractivity contribution in [3.63, 3.8) is 0 Å². The predicted molar refractivity (Wildman–Crippen MR) is 51.5 cm³/mol. The molecule has 0 N–H and O–H groups in total. The first-order valence-electron chi connectivity index (χ1n) is 4.96. The summed E-state index contributed by atoms with van der Waals surface area (Å²) in [6.07, 6.45) is 5.03. The zero-order valence-electron chi connectivity index (χ0n) is 8.75. The molecule has 1 saturated carbocycles. The number of hydrogen-bond acceptors (Lipinski definition) is 3. The van der Waals surface area contributed by atoms with E-state index in [1.807, 2.05) is 14.0 Å². The maximum absolute atomic E-state index is 11.2. The van der Waals surface area contributed by atoms with Gasteiger partial charge in [0.25, 0.3) is 0 Å². The highest BCUT2D eigenvalue weighted by Crippen LogP contribution is 2.23. The Bertz CT molecular complexity index is 176. The summed E-state index contributed by atoms with van der Waals surface area (Å²) in [5.74, 6) is -0.130. The summed E-state index contributed by atoms with van der Waals surface area (Å²) < 4.78 is 4.71. The predicted octanol–water partition coefficient (Wildman–Crippen LogP) is 1.42. The van der Waals surface area contributed by atoms with Crippen LogP contribution in [0, 0.1) is 0 Å². The van der Waals surface area contributed by atoms with Crippen LogP contribution in [0.4, 0.5) is 0 Å². The average molecular weight is 185 g/mol. The number of likely N-dealkylation sites (N-methyl/N-ethyl adjacent to an activating group) is 1. The SMILES string of the molecule is COC(=O)C(C)N(C)C1CCCC1. The highest BCUT2D eigenvalue weighted by atomic mass is 16.5. The van der Waals surface area contributed by atoms with Crippen LogP contribution in [0.15, 0.2) is 0 Å². The molecule has 3 heteroatoms. The molecule has 0 aromatic carbocycles. The number of rotatable bonds is 3. The summed E-state index contributed by atoms with van der Waals surface area (Å²) in [7, 11) is 3.46. The van der Waals surface area contributed by atoms with Gasteiger partial charge in [-0.2, -0.15) is 0 Å². The average Bonchev–Trinajstić information content (AvgIpc) is 2.67. The van der Waals surface area contributed by atoms with Crippen LogP contribution >= 0.6 is 0 Å². The fourth-order valence-corrected chi connectivity index (χ4v) is 1.96. The van der Waals surface area contributed by atoms with Crippen LogP contribution in [0.3, 0.4) is 0 Å². The van der Waals surface area contributed by atoms with Gasteiger partial charge in [0, 0.05) is 6.04 Å². The maximum atomic E-state index is 11.2. The van der Waals surface area contributed by atoms with E-state index in [1.165, 1.54) is 32.8 Å². The van der Waals surface area contributed by atoms with Crippen molar-refractivity contribution < 1.29 is 9.53 Å². The molecule has 0 saturated heterocycles. The molecule has 0 radical (unpaired) electrons. The van der Waals surface area contributed by atoms with Crippen LogP contribution in [0.25, 0.3) is 0 Å². The van der Waals surface area contributed by atoms with E-state index >= 15 is 0 Å². The minimum atomic E-state index is -0.130. The molecule has 0 bridgehead atoms. The summed E-state index contributed by atoms with van der Waals surface area (Å²) in [5, 5.41) is 0. The van der Waals surface area contributed by atoms with E-state index < -0.39 is 0 Å². The van der Waals surface area contributed by atoms with Gasteiger partial charge in [0.05, 0.1) is 7.11 Å². The van der Waals surface area contributed by atoms with Gasteiger partial charge in [0.15, 0.2) is 0 Å². The smallest absolute Gasteiger partial charge is 0.322 e. The molecule has 1 unspecified atom stereocenters. The molecule has 0 aliphatic heterocycles. The molecule has 0 amide bonds. The van der Waals surface area contributed by atoms with E-state index in [2.05, 4.69) is 4.90 Å². The Morgan fingerprint density at radius 2 is 2.00 bits per heavy atom. The second kappa shape index (κ2) is 4.61. The summed E-state index contributed by atoms with van der Waals surface area (Å²) in [6.45, 7) is 1.91. The monoisotopic (exact) mass is 185 g/mol. The minimum Gasteiger partial charge on any atom is -0.468 e. The lowest BCUT2D eigenvalue weighted by Crippen LogP contribution is -2.42. The highest BCUT2D eigenvalue weighted by Gasteiger charge is 2.27. The van der Waals surface area contributed by atoms with Crippen LogP contribution in [0.1, 0.15) is 32.6 Å².